The maximum absolute atomic E-state index is 12.1. The molecule has 1 radical (unpaired) electrons. The molecule has 1 N–H and O–H groups in total. The predicted octanol–water partition coefficient (Wildman–Crippen LogP) is 2.76. The lowest BCUT2D eigenvalue weighted by Gasteiger charge is -2.20. The molecule has 0 saturated carbocycles. The van der Waals surface area contributed by atoms with E-state index in [4.69, 9.17) is 19.9 Å². The maximum Gasteiger partial charge on any atom is 0.246 e. The van der Waals surface area contributed by atoms with E-state index in [-0.39, 0.29) is 18.8 Å². The minimum atomic E-state index is -0.841. The number of ether oxygens (including phenoxy) is 3. The van der Waals surface area contributed by atoms with Gasteiger partial charge in [0.1, 0.15) is 6.61 Å². The zero-order chi connectivity index (χ0) is 18.3. The summed E-state index contributed by atoms with van der Waals surface area (Å²) in [5.74, 6) is -0.844. The molecule has 1 amide bonds. The number of Topliss-reactive ketones (excluding diaryl/α,β-unsaturated/α-hetero) is 1. The van der Waals surface area contributed by atoms with Crippen LogP contribution in [0.25, 0.3) is 0 Å². The van der Waals surface area contributed by atoms with Crippen LogP contribution in [0.5, 0.6) is 11.5 Å². The molecule has 1 aromatic rings. The van der Waals surface area contributed by atoms with Gasteiger partial charge >= 0.3 is 0 Å². The van der Waals surface area contributed by atoms with E-state index in [2.05, 4.69) is 0 Å². The van der Waals surface area contributed by atoms with Crippen molar-refractivity contribution in [2.45, 2.75) is 45.6 Å². The molecule has 0 aromatic heterocycles. The second kappa shape index (κ2) is 8.68. The van der Waals surface area contributed by atoms with Gasteiger partial charge < -0.3 is 14.2 Å². The second-order valence-electron chi connectivity index (χ2n) is 6.40. The van der Waals surface area contributed by atoms with Gasteiger partial charge in [0.05, 0.1) is 25.2 Å². The highest BCUT2D eigenvalue weighted by molar-refractivity contribution is 5.89. The van der Waals surface area contributed by atoms with Gasteiger partial charge in [0.25, 0.3) is 0 Å². The fourth-order valence-corrected chi connectivity index (χ4v) is 2.12. The third-order valence-corrected chi connectivity index (χ3v) is 3.30. The third kappa shape index (κ3) is 6.20. The van der Waals surface area contributed by atoms with Gasteiger partial charge in [-0.15, -0.1) is 0 Å². The van der Waals surface area contributed by atoms with E-state index in [0.717, 1.165) is 0 Å². The molecular weight excluding hydrogens is 310 g/mol. The Bertz CT molecular complexity index is 577. The molecule has 0 aliphatic heterocycles. The lowest BCUT2D eigenvalue weighted by atomic mass is 9.93. The van der Waals surface area contributed by atoms with Crippen LogP contribution in [-0.2, 0) is 14.3 Å². The predicted molar refractivity (Wildman–Crippen MR) is 90.3 cm³/mol. The maximum atomic E-state index is 12.1. The van der Waals surface area contributed by atoms with E-state index in [1.54, 1.807) is 18.2 Å². The van der Waals surface area contributed by atoms with Gasteiger partial charge in [-0.3, -0.25) is 15.3 Å². The number of nitrogens with one attached hydrogen (secondary N) is 1. The highest BCUT2D eigenvalue weighted by Crippen LogP contribution is 2.32. The van der Waals surface area contributed by atoms with Crippen molar-refractivity contribution in [3.05, 3.63) is 23.8 Å². The number of carbonyl (C=O) groups excluding carboxylic acids is 2. The molecule has 1 unspecified atom stereocenters. The number of hydrogen-bond acceptors (Lipinski definition) is 5. The standard InChI is InChI=1S/C18H26NO5/c1-6-23-16-9-12(7-8-15(16)22-5)14(17(19)21)10-13(20)11-24-18(2,3)4/h7-9,14,19H,6,10-11H2,1-5H3. The zero-order valence-corrected chi connectivity index (χ0v) is 15.0. The Labute approximate surface area is 143 Å². The Kier molecular flexibility index (Phi) is 7.22. The van der Waals surface area contributed by atoms with E-state index in [1.165, 1.54) is 7.11 Å². The first-order chi connectivity index (χ1) is 11.2. The Morgan fingerprint density at radius 3 is 2.38 bits per heavy atom. The summed E-state index contributed by atoms with van der Waals surface area (Å²) in [4.78, 5) is 23.8. The lowest BCUT2D eigenvalue weighted by molar-refractivity contribution is -0.131. The van der Waals surface area contributed by atoms with Crippen LogP contribution in [0.2, 0.25) is 0 Å². The quantitative estimate of drug-likeness (QED) is 0.692. The van der Waals surface area contributed by atoms with Crippen molar-refractivity contribution in [1.82, 2.24) is 5.73 Å². The first-order valence-corrected chi connectivity index (χ1v) is 7.89. The van der Waals surface area contributed by atoms with Crippen molar-refractivity contribution in [2.24, 2.45) is 0 Å². The number of ketones is 1. The van der Waals surface area contributed by atoms with Gasteiger partial charge in [-0.05, 0) is 45.4 Å². The topological polar surface area (TPSA) is 85.6 Å². The van der Waals surface area contributed by atoms with Gasteiger partial charge in [0.2, 0.25) is 5.91 Å². The van der Waals surface area contributed by atoms with Crippen LogP contribution in [0.3, 0.4) is 0 Å². The number of methoxy groups -OCH3 is 1. The number of carbonyl (C=O) groups is 2. The smallest absolute Gasteiger partial charge is 0.246 e. The van der Waals surface area contributed by atoms with Crippen LogP contribution >= 0.6 is 0 Å². The molecule has 1 rings (SSSR count). The molecule has 0 bridgehead atoms. The normalized spacial score (nSPS) is 12.5. The Balaban J connectivity index is 2.94. The number of benzene rings is 1. The van der Waals surface area contributed by atoms with E-state index in [1.807, 2.05) is 27.7 Å². The van der Waals surface area contributed by atoms with Gasteiger partial charge in [0.15, 0.2) is 17.3 Å². The molecule has 0 aliphatic rings. The SMILES string of the molecule is CCOc1cc(C(CC(=O)COC(C)(C)C)C([NH])=O)ccc1OC. The van der Waals surface area contributed by atoms with Crippen LogP contribution in [0.4, 0.5) is 0 Å². The van der Waals surface area contributed by atoms with Crippen LogP contribution in [0.1, 0.15) is 45.6 Å². The number of rotatable bonds is 9. The van der Waals surface area contributed by atoms with Crippen LogP contribution in [-0.4, -0.2) is 37.6 Å². The average Bonchev–Trinajstić information content (AvgIpc) is 2.50. The van der Waals surface area contributed by atoms with Gasteiger partial charge in [-0.25, -0.2) is 0 Å². The third-order valence-electron chi connectivity index (χ3n) is 3.30. The summed E-state index contributed by atoms with van der Waals surface area (Å²) in [5, 5.41) is 0. The molecule has 0 fully saturated rings. The van der Waals surface area contributed by atoms with Gasteiger partial charge in [0, 0.05) is 6.42 Å². The van der Waals surface area contributed by atoms with Gasteiger partial charge in [-0.2, -0.15) is 0 Å². The summed E-state index contributed by atoms with van der Waals surface area (Å²) >= 11 is 0. The summed E-state index contributed by atoms with van der Waals surface area (Å²) in [6.07, 6.45) is -0.0731. The van der Waals surface area contributed by atoms with Crippen LogP contribution in [0, 0.1) is 0 Å². The van der Waals surface area contributed by atoms with Crippen molar-refractivity contribution in [3.8, 4) is 11.5 Å². The molecule has 24 heavy (non-hydrogen) atoms. The average molecular weight is 336 g/mol. The van der Waals surface area contributed by atoms with Crippen molar-refractivity contribution in [1.29, 1.82) is 0 Å². The fourth-order valence-electron chi connectivity index (χ4n) is 2.12. The second-order valence-corrected chi connectivity index (χ2v) is 6.40. The van der Waals surface area contributed by atoms with Crippen molar-refractivity contribution < 1.29 is 23.8 Å². The Morgan fingerprint density at radius 2 is 1.88 bits per heavy atom. The number of hydrogen-bond donors (Lipinski definition) is 0. The lowest BCUT2D eigenvalue weighted by Crippen LogP contribution is -2.26. The summed E-state index contributed by atoms with van der Waals surface area (Å²) < 4.78 is 16.1. The van der Waals surface area contributed by atoms with Gasteiger partial charge in [-0.1, -0.05) is 6.07 Å². The molecule has 133 valence electrons. The summed E-state index contributed by atoms with van der Waals surface area (Å²) in [6.45, 7) is 7.76. The Hall–Kier alpha value is -2.08. The Morgan fingerprint density at radius 1 is 1.21 bits per heavy atom. The largest absolute Gasteiger partial charge is 0.493 e. The minimum Gasteiger partial charge on any atom is -0.493 e. The zero-order valence-electron chi connectivity index (χ0n) is 15.0. The summed E-state index contributed by atoms with van der Waals surface area (Å²) in [7, 11) is 1.53. The molecular formula is C18H26NO5. The molecule has 1 atom stereocenters. The van der Waals surface area contributed by atoms with E-state index >= 15 is 0 Å². The van der Waals surface area contributed by atoms with Crippen molar-refractivity contribution in [2.75, 3.05) is 20.3 Å². The molecule has 0 heterocycles. The van der Waals surface area contributed by atoms with Crippen molar-refractivity contribution >= 4 is 11.7 Å². The molecule has 0 aliphatic carbocycles. The minimum absolute atomic E-state index is 0.0731. The van der Waals surface area contributed by atoms with E-state index in [9.17, 15) is 9.59 Å². The summed E-state index contributed by atoms with van der Waals surface area (Å²) in [6, 6.07) is 5.00. The number of amides is 1. The molecule has 0 spiro atoms. The molecule has 0 saturated heterocycles. The van der Waals surface area contributed by atoms with Crippen molar-refractivity contribution in [3.63, 3.8) is 0 Å². The fraction of sp³-hybridized carbons (Fsp3) is 0.556. The highest BCUT2D eigenvalue weighted by atomic mass is 16.5. The molecule has 6 heteroatoms. The summed E-state index contributed by atoms with van der Waals surface area (Å²) in [5.41, 5.74) is 7.61. The molecule has 1 aromatic carbocycles. The first kappa shape index (κ1) is 20.0. The van der Waals surface area contributed by atoms with E-state index < -0.39 is 17.4 Å². The van der Waals surface area contributed by atoms with E-state index in [0.29, 0.717) is 23.7 Å². The highest BCUT2D eigenvalue weighted by Gasteiger charge is 2.24. The molecule has 6 nitrogen and oxygen atoms in total. The monoisotopic (exact) mass is 336 g/mol. The first-order valence-electron chi connectivity index (χ1n) is 7.89. The van der Waals surface area contributed by atoms with Crippen LogP contribution in [0.15, 0.2) is 18.2 Å². The van der Waals surface area contributed by atoms with Crippen LogP contribution < -0.4 is 15.2 Å².